The van der Waals surface area contributed by atoms with Gasteiger partial charge in [-0.3, -0.25) is 0 Å². The Balaban J connectivity index is 4.14. The molecule has 0 saturated heterocycles. The Kier molecular flexibility index (Phi) is 18.6. The van der Waals surface area contributed by atoms with Crippen molar-refractivity contribution in [3.05, 3.63) is 0 Å². The molecule has 0 aromatic rings. The molecule has 0 aliphatic rings. The Morgan fingerprint density at radius 3 is 1.41 bits per heavy atom. The van der Waals surface area contributed by atoms with Gasteiger partial charge in [0.15, 0.2) is 0 Å². The van der Waals surface area contributed by atoms with Crippen molar-refractivity contribution in [1.29, 1.82) is 0 Å². The number of nitrogens with zero attached hydrogens (tertiary/aromatic N) is 1. The third-order valence-corrected chi connectivity index (χ3v) is 3.88. The molecule has 3 atom stereocenters. The van der Waals surface area contributed by atoms with Gasteiger partial charge in [-0.05, 0) is 20.8 Å². The smallest absolute Gasteiger partial charge is 0.409 e. The van der Waals surface area contributed by atoms with Gasteiger partial charge in [0.05, 0.1) is 18.3 Å². The topological polar surface area (TPSA) is 191 Å². The van der Waals surface area contributed by atoms with E-state index in [0.29, 0.717) is 52.4 Å². The van der Waals surface area contributed by atoms with Crippen LogP contribution in [0, 0.1) is 0 Å². The van der Waals surface area contributed by atoms with Crippen LogP contribution < -0.4 is 21.3 Å². The first-order valence-electron chi connectivity index (χ1n) is 11.3. The lowest BCUT2D eigenvalue weighted by molar-refractivity contribution is 0.0552. The lowest BCUT2D eigenvalue weighted by Crippen LogP contribution is -2.43. The highest BCUT2D eigenvalue weighted by Crippen LogP contribution is 1.95. The highest BCUT2D eigenvalue weighted by molar-refractivity contribution is 5.68. The van der Waals surface area contributed by atoms with Crippen molar-refractivity contribution in [2.75, 3.05) is 72.2 Å². The highest BCUT2D eigenvalue weighted by atomic mass is 16.6. The lowest BCUT2D eigenvalue weighted by atomic mass is 10.4. The predicted molar refractivity (Wildman–Crippen MR) is 122 cm³/mol. The van der Waals surface area contributed by atoms with Gasteiger partial charge < -0.3 is 55.7 Å². The maximum Gasteiger partial charge on any atom is 0.409 e. The minimum atomic E-state index is -0.777. The number of alkyl carbamates (subject to hydrolysis) is 2. The van der Waals surface area contributed by atoms with Gasteiger partial charge in [-0.1, -0.05) is 0 Å². The van der Waals surface area contributed by atoms with E-state index in [9.17, 15) is 19.5 Å². The van der Waals surface area contributed by atoms with E-state index in [1.807, 2.05) is 0 Å². The quantitative estimate of drug-likeness (QED) is 0.0838. The maximum atomic E-state index is 12.3. The van der Waals surface area contributed by atoms with Crippen molar-refractivity contribution in [2.24, 2.45) is 0 Å². The second-order valence-corrected chi connectivity index (χ2v) is 7.66. The van der Waals surface area contributed by atoms with Crippen molar-refractivity contribution >= 4 is 18.3 Å². The zero-order valence-electron chi connectivity index (χ0n) is 20.2. The molecule has 3 unspecified atom stereocenters. The van der Waals surface area contributed by atoms with Crippen molar-refractivity contribution in [2.45, 2.75) is 39.1 Å². The second-order valence-electron chi connectivity index (χ2n) is 7.66. The fraction of sp³-hybridized carbons (Fsp3) is 0.850. The first-order valence-corrected chi connectivity index (χ1v) is 11.3. The van der Waals surface area contributed by atoms with Crippen LogP contribution in [0.3, 0.4) is 0 Å². The summed E-state index contributed by atoms with van der Waals surface area (Å²) in [5.74, 6) is 0. The van der Waals surface area contributed by atoms with Gasteiger partial charge in [-0.25, -0.2) is 14.4 Å². The van der Waals surface area contributed by atoms with E-state index >= 15 is 0 Å². The Bertz CT molecular complexity index is 529. The van der Waals surface area contributed by atoms with Gasteiger partial charge in [0.1, 0.15) is 19.8 Å². The van der Waals surface area contributed by atoms with E-state index in [1.54, 1.807) is 0 Å². The summed E-state index contributed by atoms with van der Waals surface area (Å²) in [5.41, 5.74) is 0. The molecule has 0 bridgehead atoms. The molecule has 0 aliphatic heterocycles. The Labute approximate surface area is 200 Å². The summed E-state index contributed by atoms with van der Waals surface area (Å²) >= 11 is 0. The number of nitrogens with one attached hydrogen (secondary N) is 4. The molecule has 0 spiro atoms. The molecule has 0 aromatic carbocycles. The van der Waals surface area contributed by atoms with Gasteiger partial charge in [0.25, 0.3) is 0 Å². The van der Waals surface area contributed by atoms with Gasteiger partial charge in [-0.15, -0.1) is 0 Å². The fourth-order valence-electron chi connectivity index (χ4n) is 2.26. The van der Waals surface area contributed by atoms with E-state index in [-0.39, 0.29) is 19.8 Å². The Morgan fingerprint density at radius 2 is 1.03 bits per heavy atom. The molecule has 0 radical (unpaired) electrons. The maximum absolute atomic E-state index is 12.3. The van der Waals surface area contributed by atoms with Crippen LogP contribution in [0.4, 0.5) is 14.4 Å². The number of carbonyl (C=O) groups is 3. The first kappa shape index (κ1) is 31.6. The van der Waals surface area contributed by atoms with Gasteiger partial charge in [0.2, 0.25) is 0 Å². The first-order chi connectivity index (χ1) is 16.1. The van der Waals surface area contributed by atoms with Crippen LogP contribution in [0.2, 0.25) is 0 Å². The van der Waals surface area contributed by atoms with E-state index in [0.717, 1.165) is 0 Å². The normalized spacial score (nSPS) is 13.4. The van der Waals surface area contributed by atoms with Crippen molar-refractivity contribution in [1.82, 2.24) is 26.2 Å². The molecule has 7 N–H and O–H groups in total. The standard InChI is InChI=1S/C20H41N5O9/c1-15(26)12-32-18(29)23-6-4-21-8-10-25(20(31)34-14-17(3)28)11-9-22-5-7-24-19(30)33-13-16(2)27/h15-17,21-22,26-28H,4-14H2,1-3H3,(H,23,29)(H,24,30). The molecule has 14 nitrogen and oxygen atoms in total. The van der Waals surface area contributed by atoms with Crippen LogP contribution in [0.5, 0.6) is 0 Å². The summed E-state index contributed by atoms with van der Waals surface area (Å²) in [6, 6.07) is 0. The van der Waals surface area contributed by atoms with Crippen LogP contribution in [-0.2, 0) is 14.2 Å². The number of rotatable bonds is 18. The molecule has 0 heterocycles. The molecule has 34 heavy (non-hydrogen) atoms. The summed E-state index contributed by atoms with van der Waals surface area (Å²) < 4.78 is 14.6. The molecule has 0 fully saturated rings. The van der Waals surface area contributed by atoms with E-state index in [2.05, 4.69) is 21.3 Å². The fourth-order valence-corrected chi connectivity index (χ4v) is 2.26. The van der Waals surface area contributed by atoms with Crippen LogP contribution in [0.25, 0.3) is 0 Å². The van der Waals surface area contributed by atoms with E-state index in [1.165, 1.54) is 25.7 Å². The summed E-state index contributed by atoms with van der Waals surface area (Å²) in [6.45, 7) is 7.27. The summed E-state index contributed by atoms with van der Waals surface area (Å²) in [5, 5.41) is 38.7. The number of hydrogen-bond acceptors (Lipinski definition) is 11. The van der Waals surface area contributed by atoms with Crippen LogP contribution >= 0.6 is 0 Å². The van der Waals surface area contributed by atoms with Gasteiger partial charge >= 0.3 is 18.3 Å². The van der Waals surface area contributed by atoms with Gasteiger partial charge in [0, 0.05) is 52.4 Å². The number of carbonyl (C=O) groups excluding carboxylic acids is 3. The number of aliphatic hydroxyl groups is 3. The van der Waals surface area contributed by atoms with Crippen LogP contribution in [0.1, 0.15) is 20.8 Å². The average molecular weight is 496 g/mol. The SMILES string of the molecule is CC(O)COC(=O)NCCNCCN(CCNCCNC(=O)OCC(C)O)C(=O)OCC(C)O. The molecule has 200 valence electrons. The van der Waals surface area contributed by atoms with Crippen molar-refractivity contribution < 1.29 is 43.9 Å². The molecule has 3 amide bonds. The second kappa shape index (κ2) is 20.0. The zero-order valence-corrected chi connectivity index (χ0v) is 20.2. The third kappa shape index (κ3) is 20.2. The van der Waals surface area contributed by atoms with Crippen LogP contribution in [0.15, 0.2) is 0 Å². The molecule has 0 rings (SSSR count). The summed E-state index contributed by atoms with van der Waals surface area (Å²) in [6.07, 6.45) is -4.05. The number of ether oxygens (including phenoxy) is 3. The minimum Gasteiger partial charge on any atom is -0.447 e. The summed E-state index contributed by atoms with van der Waals surface area (Å²) in [7, 11) is 0. The Hall–Kier alpha value is -2.39. The molecule has 14 heteroatoms. The number of hydrogen-bond donors (Lipinski definition) is 7. The number of aliphatic hydroxyl groups excluding tert-OH is 3. The van der Waals surface area contributed by atoms with Crippen LogP contribution in [-0.4, -0.2) is 129 Å². The molecule has 0 saturated carbocycles. The average Bonchev–Trinajstić information content (AvgIpc) is 2.77. The van der Waals surface area contributed by atoms with Gasteiger partial charge in [-0.2, -0.15) is 0 Å². The molecule has 0 aliphatic carbocycles. The molecule has 0 aromatic heterocycles. The van der Waals surface area contributed by atoms with E-state index in [4.69, 9.17) is 24.4 Å². The summed E-state index contributed by atoms with van der Waals surface area (Å²) in [4.78, 5) is 36.5. The predicted octanol–water partition coefficient (Wildman–Crippen LogP) is -1.80. The highest BCUT2D eigenvalue weighted by Gasteiger charge is 2.15. The lowest BCUT2D eigenvalue weighted by Gasteiger charge is -2.23. The molecular weight excluding hydrogens is 454 g/mol. The molecular formula is C20H41N5O9. The number of amides is 3. The van der Waals surface area contributed by atoms with Crippen molar-refractivity contribution in [3.63, 3.8) is 0 Å². The monoisotopic (exact) mass is 495 g/mol. The van der Waals surface area contributed by atoms with E-state index < -0.39 is 36.6 Å². The third-order valence-electron chi connectivity index (χ3n) is 3.88. The minimum absolute atomic E-state index is 0.0834. The Morgan fingerprint density at radius 1 is 0.647 bits per heavy atom. The van der Waals surface area contributed by atoms with Crippen molar-refractivity contribution in [3.8, 4) is 0 Å². The largest absolute Gasteiger partial charge is 0.447 e. The zero-order chi connectivity index (χ0) is 25.8.